The lowest BCUT2D eigenvalue weighted by molar-refractivity contribution is -0.158. The first kappa shape index (κ1) is 8.04. The normalized spacial score (nSPS) is 36.0. The molecular formula is C7H11NO3S. The van der Waals surface area contributed by atoms with E-state index >= 15 is 0 Å². The minimum absolute atomic E-state index is 0.0337. The van der Waals surface area contributed by atoms with Crippen LogP contribution >= 0.6 is 0 Å². The lowest BCUT2D eigenvalue weighted by atomic mass is 9.83. The van der Waals surface area contributed by atoms with E-state index in [0.717, 1.165) is 0 Å². The molecule has 2 saturated heterocycles. The monoisotopic (exact) mass is 189 g/mol. The first-order chi connectivity index (χ1) is 5.37. The van der Waals surface area contributed by atoms with E-state index < -0.39 is 20.6 Å². The molecule has 2 aliphatic heterocycles. The van der Waals surface area contributed by atoms with E-state index in [9.17, 15) is 13.2 Å². The van der Waals surface area contributed by atoms with Crippen LogP contribution in [0.15, 0.2) is 0 Å². The molecule has 0 saturated carbocycles. The molecule has 2 rings (SSSR count). The van der Waals surface area contributed by atoms with E-state index in [2.05, 4.69) is 0 Å². The Morgan fingerprint density at radius 1 is 1.50 bits per heavy atom. The zero-order chi connectivity index (χ0) is 9.15. The first-order valence-corrected chi connectivity index (χ1v) is 5.61. The van der Waals surface area contributed by atoms with Crippen molar-refractivity contribution >= 4 is 15.7 Å². The zero-order valence-electron chi connectivity index (χ0n) is 7.07. The van der Waals surface area contributed by atoms with Crippen molar-refractivity contribution in [3.8, 4) is 0 Å². The minimum atomic E-state index is -3.02. The van der Waals surface area contributed by atoms with Crippen LogP contribution in [0.1, 0.15) is 13.8 Å². The summed E-state index contributed by atoms with van der Waals surface area (Å²) in [6.45, 7) is 3.77. The Hall–Kier alpha value is -0.580. The summed E-state index contributed by atoms with van der Waals surface area (Å²) in [5.74, 6) is 0.0981. The highest BCUT2D eigenvalue weighted by atomic mass is 32.2. The number of carbonyl (C=O) groups excluding carboxylic acids is 1. The van der Waals surface area contributed by atoms with Crippen molar-refractivity contribution in [2.24, 2.45) is 5.41 Å². The minimum Gasteiger partial charge on any atom is -0.323 e. The quantitative estimate of drug-likeness (QED) is 0.488. The third-order valence-electron chi connectivity index (χ3n) is 2.67. The van der Waals surface area contributed by atoms with E-state index in [0.29, 0.717) is 6.54 Å². The van der Waals surface area contributed by atoms with E-state index in [1.165, 1.54) is 4.90 Å². The fourth-order valence-corrected chi connectivity index (χ4v) is 4.37. The topological polar surface area (TPSA) is 54.5 Å². The van der Waals surface area contributed by atoms with Gasteiger partial charge in [-0.15, -0.1) is 0 Å². The second kappa shape index (κ2) is 1.84. The summed E-state index contributed by atoms with van der Waals surface area (Å²) < 4.78 is 22.8. The Balaban J connectivity index is 2.45. The van der Waals surface area contributed by atoms with E-state index in [4.69, 9.17) is 0 Å². The summed E-state index contributed by atoms with van der Waals surface area (Å²) in [7, 11) is -3.02. The molecule has 12 heavy (non-hydrogen) atoms. The van der Waals surface area contributed by atoms with Crippen LogP contribution in [0.2, 0.25) is 0 Å². The second-order valence-corrected chi connectivity index (χ2v) is 6.12. The van der Waals surface area contributed by atoms with E-state index in [-0.39, 0.29) is 11.7 Å². The van der Waals surface area contributed by atoms with Gasteiger partial charge in [0.1, 0.15) is 5.37 Å². The van der Waals surface area contributed by atoms with Gasteiger partial charge in [0.2, 0.25) is 5.91 Å². The summed E-state index contributed by atoms with van der Waals surface area (Å²) in [5, 5.41) is -0.544. The molecule has 2 aliphatic rings. The lowest BCUT2D eigenvalue weighted by Gasteiger charge is -2.47. The molecule has 0 N–H and O–H groups in total. The fourth-order valence-electron chi connectivity index (χ4n) is 2.10. The van der Waals surface area contributed by atoms with Crippen molar-refractivity contribution in [3.63, 3.8) is 0 Å². The molecule has 1 atom stereocenters. The second-order valence-electron chi connectivity index (χ2n) is 3.94. The number of carbonyl (C=O) groups is 1. The summed E-state index contributed by atoms with van der Waals surface area (Å²) >= 11 is 0. The Bertz CT molecular complexity index is 344. The van der Waals surface area contributed by atoms with Crippen LogP contribution in [0.25, 0.3) is 0 Å². The van der Waals surface area contributed by atoms with Gasteiger partial charge in [-0.3, -0.25) is 4.79 Å². The maximum Gasteiger partial charge on any atom is 0.232 e. The number of amides is 1. The predicted octanol–water partition coefficient (Wildman–Crippen LogP) is -0.391. The Kier molecular flexibility index (Phi) is 1.23. The molecule has 0 bridgehead atoms. The summed E-state index contributed by atoms with van der Waals surface area (Å²) in [4.78, 5) is 12.8. The summed E-state index contributed by atoms with van der Waals surface area (Å²) in [6.07, 6.45) is 0. The van der Waals surface area contributed by atoms with Gasteiger partial charge in [0.05, 0.1) is 11.2 Å². The van der Waals surface area contributed by atoms with Crippen LogP contribution < -0.4 is 0 Å². The molecular weight excluding hydrogens is 178 g/mol. The van der Waals surface area contributed by atoms with Crippen LogP contribution in [-0.4, -0.2) is 36.9 Å². The predicted molar refractivity (Wildman–Crippen MR) is 43.1 cm³/mol. The number of rotatable bonds is 0. The van der Waals surface area contributed by atoms with Crippen LogP contribution in [0.5, 0.6) is 0 Å². The van der Waals surface area contributed by atoms with Gasteiger partial charge in [0, 0.05) is 6.54 Å². The number of hydrogen-bond acceptors (Lipinski definition) is 3. The van der Waals surface area contributed by atoms with E-state index in [1.807, 2.05) is 0 Å². The average molecular weight is 189 g/mol. The van der Waals surface area contributed by atoms with Crippen molar-refractivity contribution in [3.05, 3.63) is 0 Å². The Labute approximate surface area is 71.5 Å². The van der Waals surface area contributed by atoms with Gasteiger partial charge in [-0.05, 0) is 13.8 Å². The van der Waals surface area contributed by atoms with Crippen molar-refractivity contribution in [1.29, 1.82) is 0 Å². The molecule has 0 spiro atoms. The van der Waals surface area contributed by atoms with Crippen LogP contribution in [-0.2, 0) is 14.6 Å². The van der Waals surface area contributed by atoms with Gasteiger partial charge < -0.3 is 4.90 Å². The van der Waals surface area contributed by atoms with E-state index in [1.54, 1.807) is 13.8 Å². The number of hydrogen-bond donors (Lipinski definition) is 0. The summed E-state index contributed by atoms with van der Waals surface area (Å²) in [5.41, 5.74) is -0.685. The molecule has 5 heteroatoms. The van der Waals surface area contributed by atoms with Gasteiger partial charge in [-0.1, -0.05) is 0 Å². The third kappa shape index (κ3) is 0.676. The molecule has 68 valence electrons. The molecule has 2 heterocycles. The highest BCUT2D eigenvalue weighted by molar-refractivity contribution is 7.92. The van der Waals surface area contributed by atoms with Gasteiger partial charge >= 0.3 is 0 Å². The third-order valence-corrected chi connectivity index (χ3v) is 4.95. The largest absolute Gasteiger partial charge is 0.323 e. The molecule has 1 amide bonds. The van der Waals surface area contributed by atoms with Gasteiger partial charge in [-0.2, -0.15) is 0 Å². The van der Waals surface area contributed by atoms with Crippen molar-refractivity contribution in [2.45, 2.75) is 19.2 Å². The highest BCUT2D eigenvalue weighted by Gasteiger charge is 2.63. The van der Waals surface area contributed by atoms with Crippen LogP contribution in [0, 0.1) is 5.41 Å². The average Bonchev–Trinajstić information content (AvgIpc) is 2.23. The van der Waals surface area contributed by atoms with Crippen LogP contribution in [0.3, 0.4) is 0 Å². The molecule has 0 aromatic heterocycles. The zero-order valence-corrected chi connectivity index (χ0v) is 7.89. The van der Waals surface area contributed by atoms with Gasteiger partial charge in [0.25, 0.3) is 0 Å². The first-order valence-electron chi connectivity index (χ1n) is 3.90. The number of fused-ring (bicyclic) bond motifs is 1. The SMILES string of the molecule is CC1(C)C(=O)N2CCS(=O)(=O)[C@H]21. The molecule has 2 fully saturated rings. The molecule has 0 unspecified atom stereocenters. The standard InChI is InChI=1S/C7H11NO3S/c1-7(2)5(9)8-3-4-12(10,11)6(7)8/h6H,3-4H2,1-2H3/t6-/m0/s1. The Morgan fingerprint density at radius 2 is 2.08 bits per heavy atom. The maximum absolute atomic E-state index is 11.4. The molecule has 0 radical (unpaired) electrons. The highest BCUT2D eigenvalue weighted by Crippen LogP contribution is 2.44. The lowest BCUT2D eigenvalue weighted by Crippen LogP contribution is -2.65. The Morgan fingerprint density at radius 3 is 2.58 bits per heavy atom. The molecule has 0 aromatic carbocycles. The van der Waals surface area contributed by atoms with Crippen LogP contribution in [0.4, 0.5) is 0 Å². The maximum atomic E-state index is 11.4. The van der Waals surface area contributed by atoms with Gasteiger partial charge in [0.15, 0.2) is 9.84 Å². The van der Waals surface area contributed by atoms with Gasteiger partial charge in [-0.25, -0.2) is 8.42 Å². The smallest absolute Gasteiger partial charge is 0.232 e. The molecule has 0 aliphatic carbocycles. The number of nitrogens with zero attached hydrogens (tertiary/aromatic N) is 1. The molecule has 4 nitrogen and oxygen atoms in total. The number of β-lactam (4-membered cyclic amide) rings is 1. The summed E-state index contributed by atoms with van der Waals surface area (Å²) in [6, 6.07) is 0. The number of sulfone groups is 1. The fraction of sp³-hybridized carbons (Fsp3) is 0.857. The van der Waals surface area contributed by atoms with Crippen molar-refractivity contribution in [1.82, 2.24) is 4.90 Å². The van der Waals surface area contributed by atoms with Crippen molar-refractivity contribution in [2.75, 3.05) is 12.3 Å². The van der Waals surface area contributed by atoms with Crippen molar-refractivity contribution < 1.29 is 13.2 Å². The molecule has 0 aromatic rings.